The van der Waals surface area contributed by atoms with Gasteiger partial charge in [-0.25, -0.2) is 0 Å². The van der Waals surface area contributed by atoms with E-state index in [2.05, 4.69) is 0 Å². The van der Waals surface area contributed by atoms with Gasteiger partial charge < -0.3 is 36.4 Å². The maximum Gasteiger partial charge on any atom is 0.306 e. The quantitative estimate of drug-likeness (QED) is 0.282. The topological polar surface area (TPSA) is 199 Å². The van der Waals surface area contributed by atoms with E-state index >= 15 is 0 Å². The third-order valence-corrected chi connectivity index (χ3v) is 3.70. The average molecular weight is 337 g/mol. The zero-order valence-corrected chi connectivity index (χ0v) is 12.5. The molecular formula is C13H23NO9. The number of carboxylic acid groups (broad SMARTS) is 3. The number of hydrogen-bond donors (Lipinski definition) is 7. The summed E-state index contributed by atoms with van der Waals surface area (Å²) in [7, 11) is 0. The molecule has 0 heterocycles. The number of aliphatic hydroxyl groups excluding tert-OH is 3. The highest BCUT2D eigenvalue weighted by atomic mass is 16.4. The predicted octanol–water partition coefficient (Wildman–Crippen LogP) is -2.07. The minimum Gasteiger partial charge on any atom is -0.481 e. The second-order valence-electron chi connectivity index (χ2n) is 5.65. The fraction of sp³-hybridized carbons (Fsp3) is 0.769. The summed E-state index contributed by atoms with van der Waals surface area (Å²) in [6, 6.07) is 0. The van der Waals surface area contributed by atoms with E-state index < -0.39 is 61.0 Å². The van der Waals surface area contributed by atoms with Gasteiger partial charge in [0.1, 0.15) is 0 Å². The summed E-state index contributed by atoms with van der Waals surface area (Å²) in [6.07, 6.45) is 0.0668. The Labute approximate surface area is 132 Å². The molecule has 0 aromatic carbocycles. The fourth-order valence-corrected chi connectivity index (χ4v) is 2.07. The van der Waals surface area contributed by atoms with Gasteiger partial charge in [-0.2, -0.15) is 0 Å². The van der Waals surface area contributed by atoms with Crippen molar-refractivity contribution in [2.75, 3.05) is 19.8 Å². The molecule has 0 amide bonds. The Hall–Kier alpha value is -1.75. The number of aliphatic carboxylic acids is 3. The molecule has 0 aliphatic heterocycles. The molecule has 10 heteroatoms. The molecule has 0 atom stereocenters. The number of carbonyl (C=O) groups is 3. The lowest BCUT2D eigenvalue weighted by Crippen LogP contribution is -2.50. The highest BCUT2D eigenvalue weighted by molar-refractivity contribution is 5.78. The van der Waals surface area contributed by atoms with Gasteiger partial charge in [0, 0.05) is 0 Å². The molecular weight excluding hydrogens is 314 g/mol. The van der Waals surface area contributed by atoms with Gasteiger partial charge in [0.15, 0.2) is 0 Å². The molecule has 1 fully saturated rings. The predicted molar refractivity (Wildman–Crippen MR) is 75.4 cm³/mol. The molecule has 23 heavy (non-hydrogen) atoms. The maximum absolute atomic E-state index is 10.7. The van der Waals surface area contributed by atoms with Crippen LogP contribution >= 0.6 is 0 Å². The smallest absolute Gasteiger partial charge is 0.306 e. The summed E-state index contributed by atoms with van der Waals surface area (Å²) >= 11 is 0. The van der Waals surface area contributed by atoms with Crippen molar-refractivity contribution >= 4 is 17.9 Å². The van der Waals surface area contributed by atoms with E-state index in [9.17, 15) is 14.4 Å². The molecule has 0 radical (unpaired) electrons. The number of hydrogen-bond acceptors (Lipinski definition) is 7. The van der Waals surface area contributed by atoms with E-state index in [-0.39, 0.29) is 19.3 Å². The molecule has 0 unspecified atom stereocenters. The van der Waals surface area contributed by atoms with Crippen molar-refractivity contribution < 1.29 is 45.0 Å². The Kier molecular flexibility index (Phi) is 8.69. The third kappa shape index (κ3) is 6.91. The zero-order chi connectivity index (χ0) is 18.2. The highest BCUT2D eigenvalue weighted by Gasteiger charge is 2.38. The van der Waals surface area contributed by atoms with Gasteiger partial charge >= 0.3 is 17.9 Å². The van der Waals surface area contributed by atoms with Crippen LogP contribution in [-0.4, -0.2) is 73.9 Å². The second kappa shape index (κ2) is 9.40. The van der Waals surface area contributed by atoms with Gasteiger partial charge in [-0.15, -0.1) is 0 Å². The van der Waals surface area contributed by atoms with E-state index in [0.717, 1.165) is 0 Å². The van der Waals surface area contributed by atoms with Gasteiger partial charge in [-0.1, -0.05) is 0 Å². The van der Waals surface area contributed by atoms with Crippen LogP contribution in [0.3, 0.4) is 0 Å². The van der Waals surface area contributed by atoms with Crippen LogP contribution in [0.4, 0.5) is 0 Å². The van der Waals surface area contributed by atoms with Crippen molar-refractivity contribution in [3.05, 3.63) is 0 Å². The number of rotatable bonds is 6. The zero-order valence-electron chi connectivity index (χ0n) is 12.5. The Bertz CT molecular complexity index is 360. The third-order valence-electron chi connectivity index (χ3n) is 3.70. The van der Waals surface area contributed by atoms with E-state index in [1.807, 2.05) is 0 Å². The van der Waals surface area contributed by atoms with Crippen LogP contribution in [0.1, 0.15) is 19.3 Å². The Morgan fingerprint density at radius 2 is 0.957 bits per heavy atom. The SMILES string of the molecule is NC(CO)(CO)CO.O=C(O)C1CC(C(=O)O)CC(C(=O)O)C1. The highest BCUT2D eigenvalue weighted by Crippen LogP contribution is 2.33. The normalized spacial score (nSPS) is 24.3. The summed E-state index contributed by atoms with van der Waals surface area (Å²) in [5, 5.41) is 51.3. The molecule has 1 aliphatic carbocycles. The summed E-state index contributed by atoms with van der Waals surface area (Å²) < 4.78 is 0. The molecule has 0 spiro atoms. The minimum atomic E-state index is -1.21. The fourth-order valence-electron chi connectivity index (χ4n) is 2.07. The standard InChI is InChI=1S/C9H12O6.C4H11NO3/c10-7(11)4-1-5(8(12)13)3-6(2-4)9(14)15;5-4(1-6,2-7)3-8/h4-6H,1-3H2,(H,10,11)(H,12,13)(H,14,15);6-8H,1-3,5H2. The van der Waals surface area contributed by atoms with Crippen LogP contribution in [0.5, 0.6) is 0 Å². The first-order valence-corrected chi connectivity index (χ1v) is 6.90. The van der Waals surface area contributed by atoms with Gasteiger partial charge in [0.2, 0.25) is 0 Å². The summed E-state index contributed by atoms with van der Waals surface area (Å²) in [5.41, 5.74) is 3.94. The molecule has 134 valence electrons. The van der Waals surface area contributed by atoms with Crippen molar-refractivity contribution in [2.24, 2.45) is 23.5 Å². The van der Waals surface area contributed by atoms with Crippen LogP contribution in [0, 0.1) is 17.8 Å². The average Bonchev–Trinajstić information content (AvgIpc) is 2.54. The van der Waals surface area contributed by atoms with Crippen LogP contribution in [0.15, 0.2) is 0 Å². The summed E-state index contributed by atoms with van der Waals surface area (Å²) in [6.45, 7) is -1.21. The van der Waals surface area contributed by atoms with E-state index in [1.165, 1.54) is 0 Å². The monoisotopic (exact) mass is 337 g/mol. The molecule has 1 rings (SSSR count). The largest absolute Gasteiger partial charge is 0.481 e. The van der Waals surface area contributed by atoms with E-state index in [0.29, 0.717) is 0 Å². The van der Waals surface area contributed by atoms with E-state index in [4.69, 9.17) is 36.4 Å². The molecule has 0 aromatic heterocycles. The maximum atomic E-state index is 10.7. The molecule has 10 nitrogen and oxygen atoms in total. The minimum absolute atomic E-state index is 0.0223. The van der Waals surface area contributed by atoms with Gasteiger partial charge in [0.05, 0.1) is 43.1 Å². The van der Waals surface area contributed by atoms with Crippen molar-refractivity contribution in [1.29, 1.82) is 0 Å². The Morgan fingerprint density at radius 1 is 0.739 bits per heavy atom. The van der Waals surface area contributed by atoms with Crippen molar-refractivity contribution in [3.8, 4) is 0 Å². The first-order valence-electron chi connectivity index (χ1n) is 6.90. The molecule has 0 saturated heterocycles. The summed E-state index contributed by atoms with van der Waals surface area (Å²) in [4.78, 5) is 32.1. The van der Waals surface area contributed by atoms with Gasteiger partial charge in [-0.3, -0.25) is 14.4 Å². The Balaban J connectivity index is 0.000000515. The van der Waals surface area contributed by atoms with Gasteiger partial charge in [-0.05, 0) is 19.3 Å². The lowest BCUT2D eigenvalue weighted by Gasteiger charge is -2.28. The van der Waals surface area contributed by atoms with Crippen LogP contribution in [-0.2, 0) is 14.4 Å². The van der Waals surface area contributed by atoms with Gasteiger partial charge in [0.25, 0.3) is 0 Å². The Morgan fingerprint density at radius 3 is 1.04 bits per heavy atom. The number of nitrogens with two attached hydrogens (primary N) is 1. The molecule has 1 aliphatic rings. The van der Waals surface area contributed by atoms with Crippen LogP contribution in [0.25, 0.3) is 0 Å². The van der Waals surface area contributed by atoms with Crippen molar-refractivity contribution in [2.45, 2.75) is 24.8 Å². The van der Waals surface area contributed by atoms with Crippen LogP contribution < -0.4 is 5.73 Å². The summed E-state index contributed by atoms with van der Waals surface area (Å²) in [5.74, 6) is -5.94. The first-order chi connectivity index (χ1) is 10.6. The number of carboxylic acids is 3. The first kappa shape index (κ1) is 21.2. The van der Waals surface area contributed by atoms with E-state index in [1.54, 1.807) is 0 Å². The number of aliphatic hydroxyl groups is 3. The van der Waals surface area contributed by atoms with Crippen molar-refractivity contribution in [3.63, 3.8) is 0 Å². The molecule has 0 bridgehead atoms. The molecule has 8 N–H and O–H groups in total. The molecule has 0 aromatic rings. The molecule has 1 saturated carbocycles. The lowest BCUT2D eigenvalue weighted by molar-refractivity contribution is -0.153. The van der Waals surface area contributed by atoms with Crippen molar-refractivity contribution in [1.82, 2.24) is 0 Å². The van der Waals surface area contributed by atoms with Crippen LogP contribution in [0.2, 0.25) is 0 Å². The second-order valence-corrected chi connectivity index (χ2v) is 5.65. The lowest BCUT2D eigenvalue weighted by atomic mass is 9.75.